The second-order valence-corrected chi connectivity index (χ2v) is 11.5. The van der Waals surface area contributed by atoms with Gasteiger partial charge in [-0.1, -0.05) is 35.4 Å². The maximum atomic E-state index is 12.8. The molecule has 2 heterocycles. The number of hydrogen-bond donors (Lipinski definition) is 3. The SMILES string of the molecule is CC(=O)O[C@@H]1CC(=O)O[C@@H]2C[C@@H](CC/C(Cl)=C/C/C=C\1C)O[C@@H]2[C@H](O)/C=C(\C)CC(=O)NCCS(=O)(=O)O. The Labute approximate surface area is 228 Å². The van der Waals surface area contributed by atoms with E-state index >= 15 is 0 Å². The van der Waals surface area contributed by atoms with Gasteiger partial charge in [-0.3, -0.25) is 18.9 Å². The van der Waals surface area contributed by atoms with Crippen molar-refractivity contribution in [3.8, 4) is 0 Å². The summed E-state index contributed by atoms with van der Waals surface area (Å²) in [6.45, 7) is 4.37. The number of amides is 1. The van der Waals surface area contributed by atoms with Crippen molar-refractivity contribution in [2.24, 2.45) is 0 Å². The molecule has 0 aliphatic carbocycles. The Balaban J connectivity index is 2.14. The number of aliphatic hydroxyl groups excluding tert-OH is 1. The Morgan fingerprint density at radius 1 is 1.32 bits per heavy atom. The van der Waals surface area contributed by atoms with Crippen LogP contribution in [0.5, 0.6) is 0 Å². The number of aliphatic hydroxyl groups is 1. The zero-order valence-corrected chi connectivity index (χ0v) is 23.3. The second-order valence-electron chi connectivity index (χ2n) is 9.48. The molecule has 0 spiro atoms. The Hall–Kier alpha value is -2.25. The van der Waals surface area contributed by atoms with E-state index in [1.54, 1.807) is 13.8 Å². The van der Waals surface area contributed by atoms with E-state index in [1.165, 1.54) is 13.0 Å². The average Bonchev–Trinajstić information content (AvgIpc) is 3.17. The van der Waals surface area contributed by atoms with Crippen LogP contribution in [0.25, 0.3) is 0 Å². The van der Waals surface area contributed by atoms with E-state index < -0.39 is 58.1 Å². The van der Waals surface area contributed by atoms with Gasteiger partial charge in [-0.2, -0.15) is 8.42 Å². The smallest absolute Gasteiger partial charge is 0.310 e. The summed E-state index contributed by atoms with van der Waals surface area (Å²) in [5.74, 6) is -2.25. The van der Waals surface area contributed by atoms with Gasteiger partial charge in [0.15, 0.2) is 0 Å². The number of carbonyl (C=O) groups excluding carboxylic acids is 3. The lowest BCUT2D eigenvalue weighted by Crippen LogP contribution is -2.37. The topological polar surface area (TPSA) is 166 Å². The van der Waals surface area contributed by atoms with Crippen molar-refractivity contribution in [1.82, 2.24) is 5.32 Å². The van der Waals surface area contributed by atoms with Gasteiger partial charge in [0.05, 0.1) is 18.3 Å². The van der Waals surface area contributed by atoms with E-state index in [2.05, 4.69) is 5.32 Å². The number of ether oxygens (including phenoxy) is 3. The molecule has 0 unspecified atom stereocenters. The van der Waals surface area contributed by atoms with Crippen molar-refractivity contribution in [3.05, 3.63) is 34.4 Å². The molecule has 0 saturated carbocycles. The summed E-state index contributed by atoms with van der Waals surface area (Å²) in [6.07, 6.45) is 2.61. The molecular weight excluding hydrogens is 542 g/mol. The van der Waals surface area contributed by atoms with Gasteiger partial charge in [-0.25, -0.2) is 0 Å². The van der Waals surface area contributed by atoms with Gasteiger partial charge >= 0.3 is 11.9 Å². The highest BCUT2D eigenvalue weighted by Crippen LogP contribution is 2.31. The summed E-state index contributed by atoms with van der Waals surface area (Å²) < 4.78 is 47.3. The van der Waals surface area contributed by atoms with Crippen LogP contribution in [0.4, 0.5) is 0 Å². The first-order valence-corrected chi connectivity index (χ1v) is 14.3. The number of hydrogen-bond acceptors (Lipinski definition) is 9. The van der Waals surface area contributed by atoms with Gasteiger partial charge in [-0.05, 0) is 38.7 Å². The molecule has 1 amide bonds. The minimum atomic E-state index is -4.19. The second kappa shape index (κ2) is 14.8. The molecule has 11 nitrogen and oxygen atoms in total. The van der Waals surface area contributed by atoms with Gasteiger partial charge in [0, 0.05) is 31.3 Å². The lowest BCUT2D eigenvalue weighted by atomic mass is 10.0. The lowest BCUT2D eigenvalue weighted by Gasteiger charge is -2.24. The van der Waals surface area contributed by atoms with Gasteiger partial charge in [-0.15, -0.1) is 0 Å². The summed E-state index contributed by atoms with van der Waals surface area (Å²) in [5, 5.41) is 13.9. The van der Waals surface area contributed by atoms with Crippen LogP contribution < -0.4 is 5.32 Å². The molecule has 0 aromatic rings. The van der Waals surface area contributed by atoms with Gasteiger partial charge in [0.25, 0.3) is 10.1 Å². The van der Waals surface area contributed by atoms with Crippen molar-refractivity contribution < 1.29 is 46.7 Å². The molecule has 38 heavy (non-hydrogen) atoms. The molecule has 0 aromatic heterocycles. The van der Waals surface area contributed by atoms with Gasteiger partial charge in [0.2, 0.25) is 5.91 Å². The Morgan fingerprint density at radius 2 is 2.03 bits per heavy atom. The first kappa shape index (κ1) is 32.0. The molecule has 2 aliphatic rings. The Kier molecular flexibility index (Phi) is 12.4. The maximum absolute atomic E-state index is 12.8. The molecular formula is C25H36ClNO10S. The van der Waals surface area contributed by atoms with Gasteiger partial charge in [0.1, 0.15) is 24.4 Å². The maximum Gasteiger partial charge on any atom is 0.310 e. The van der Waals surface area contributed by atoms with Crippen molar-refractivity contribution >= 4 is 39.6 Å². The summed E-state index contributed by atoms with van der Waals surface area (Å²) in [6, 6.07) is 0. The largest absolute Gasteiger partial charge is 0.459 e. The predicted octanol–water partition coefficient (Wildman–Crippen LogP) is 2.33. The Bertz CT molecular complexity index is 1070. The molecule has 1 fully saturated rings. The van der Waals surface area contributed by atoms with Crippen LogP contribution in [0.1, 0.15) is 59.3 Å². The summed E-state index contributed by atoms with van der Waals surface area (Å²) in [5.41, 5.74) is 1.16. The number of carbonyl (C=O) groups is 3. The van der Waals surface area contributed by atoms with Crippen LogP contribution in [-0.2, 0) is 38.7 Å². The predicted molar refractivity (Wildman–Crippen MR) is 139 cm³/mol. The Morgan fingerprint density at radius 3 is 2.68 bits per heavy atom. The third kappa shape index (κ3) is 11.6. The third-order valence-electron chi connectivity index (χ3n) is 6.06. The van der Waals surface area contributed by atoms with E-state index in [-0.39, 0.29) is 25.5 Å². The first-order valence-electron chi connectivity index (χ1n) is 12.3. The van der Waals surface area contributed by atoms with Crippen molar-refractivity contribution in [2.45, 2.75) is 89.8 Å². The number of fused-ring (bicyclic) bond motifs is 2. The minimum absolute atomic E-state index is 0.126. The lowest BCUT2D eigenvalue weighted by molar-refractivity contribution is -0.159. The van der Waals surface area contributed by atoms with Crippen LogP contribution in [0.2, 0.25) is 0 Å². The van der Waals surface area contributed by atoms with E-state index in [1.807, 2.05) is 12.2 Å². The monoisotopic (exact) mass is 577 g/mol. The highest BCUT2D eigenvalue weighted by molar-refractivity contribution is 7.85. The molecule has 2 bridgehead atoms. The quantitative estimate of drug-likeness (QED) is 0.221. The van der Waals surface area contributed by atoms with Crippen LogP contribution in [-0.4, -0.2) is 78.7 Å². The first-order chi connectivity index (χ1) is 17.7. The molecule has 2 aliphatic heterocycles. The zero-order valence-electron chi connectivity index (χ0n) is 21.7. The molecule has 2 rings (SSSR count). The minimum Gasteiger partial charge on any atom is -0.459 e. The number of esters is 2. The highest BCUT2D eigenvalue weighted by Gasteiger charge is 2.41. The molecule has 1 saturated heterocycles. The van der Waals surface area contributed by atoms with Crippen LogP contribution in [0.3, 0.4) is 0 Å². The summed E-state index contributed by atoms with van der Waals surface area (Å²) in [4.78, 5) is 36.4. The highest BCUT2D eigenvalue weighted by atomic mass is 35.5. The summed E-state index contributed by atoms with van der Waals surface area (Å²) >= 11 is 6.35. The molecule has 214 valence electrons. The normalized spacial score (nSPS) is 29.1. The number of rotatable bonds is 8. The van der Waals surface area contributed by atoms with Crippen molar-refractivity contribution in [2.75, 3.05) is 12.3 Å². The van der Waals surface area contributed by atoms with Crippen LogP contribution in [0.15, 0.2) is 34.4 Å². The third-order valence-corrected chi connectivity index (χ3v) is 7.12. The fourth-order valence-electron chi connectivity index (χ4n) is 4.21. The average molecular weight is 578 g/mol. The summed E-state index contributed by atoms with van der Waals surface area (Å²) in [7, 11) is -4.19. The van der Waals surface area contributed by atoms with E-state index in [4.69, 9.17) is 30.4 Å². The molecule has 3 N–H and O–H groups in total. The molecule has 13 heteroatoms. The number of nitrogens with one attached hydrogen (secondary N) is 1. The van der Waals surface area contributed by atoms with E-state index in [9.17, 15) is 27.9 Å². The fourth-order valence-corrected chi connectivity index (χ4v) is 4.77. The zero-order chi connectivity index (χ0) is 28.5. The van der Waals surface area contributed by atoms with Crippen molar-refractivity contribution in [1.29, 1.82) is 0 Å². The van der Waals surface area contributed by atoms with E-state index in [0.717, 1.165) is 0 Å². The standard InChI is InChI=1S/C25H36ClNO10S/c1-15(12-23(30)27-9-10-38(32,33)34)11-20(29)25-22-13-19(36-25)8-7-18(26)6-4-5-16(2)21(35-17(3)28)14-24(31)37-22/h5-6,11,19-22,25,29H,4,7-10,12-14H2,1-3H3,(H,27,30)(H,32,33,34)/b15-11+,16-5-,18-6-/t19-,20-,21-,22-,25-/m1/s1. The van der Waals surface area contributed by atoms with Crippen molar-refractivity contribution in [3.63, 3.8) is 0 Å². The van der Waals surface area contributed by atoms with Gasteiger partial charge < -0.3 is 24.6 Å². The van der Waals surface area contributed by atoms with Crippen LogP contribution >= 0.6 is 11.6 Å². The molecule has 0 radical (unpaired) electrons. The molecule has 5 atom stereocenters. The van der Waals surface area contributed by atoms with E-state index in [0.29, 0.717) is 41.9 Å². The number of halogens is 1. The fraction of sp³-hybridized carbons (Fsp3) is 0.640. The van der Waals surface area contributed by atoms with Crippen LogP contribution in [0, 0.1) is 0 Å². The molecule has 0 aromatic carbocycles. The number of allylic oxidation sites excluding steroid dienone is 3.